The topological polar surface area (TPSA) is 40.2 Å². The lowest BCUT2D eigenvalue weighted by molar-refractivity contribution is 0.104. The second-order valence-electron chi connectivity index (χ2n) is 5.24. The van der Waals surface area contributed by atoms with Gasteiger partial charge in [0.1, 0.15) is 0 Å². The number of aromatic nitrogens is 1. The zero-order chi connectivity index (χ0) is 13.8. The summed E-state index contributed by atoms with van der Waals surface area (Å²) in [6, 6.07) is 8.90. The van der Waals surface area contributed by atoms with Crippen molar-refractivity contribution >= 4 is 10.9 Å². The number of nitrogens with two attached hydrogens (primary N) is 1. The first kappa shape index (κ1) is 14.1. The standard InChI is InChI=1S/C16H24N2O/c1-4-14(17)10-13-6-5-7-16-15(13)8-9-18(16)11-12(2)19-3/h5-9,12,14H,4,10-11,17H2,1-3H3. The van der Waals surface area contributed by atoms with E-state index in [-0.39, 0.29) is 12.1 Å². The minimum atomic E-state index is 0.220. The highest BCUT2D eigenvalue weighted by atomic mass is 16.5. The molecule has 0 fully saturated rings. The molecule has 2 atom stereocenters. The van der Waals surface area contributed by atoms with Gasteiger partial charge in [-0.3, -0.25) is 0 Å². The van der Waals surface area contributed by atoms with Crippen molar-refractivity contribution in [3.8, 4) is 0 Å². The summed E-state index contributed by atoms with van der Waals surface area (Å²) in [5, 5.41) is 1.31. The molecule has 0 aliphatic carbocycles. The van der Waals surface area contributed by atoms with Crippen LogP contribution in [0.4, 0.5) is 0 Å². The smallest absolute Gasteiger partial charge is 0.0722 e. The average Bonchev–Trinajstić information content (AvgIpc) is 2.83. The quantitative estimate of drug-likeness (QED) is 0.867. The fraction of sp³-hybridized carbons (Fsp3) is 0.500. The summed E-state index contributed by atoms with van der Waals surface area (Å²) in [5.41, 5.74) is 8.69. The van der Waals surface area contributed by atoms with Gasteiger partial charge in [0.25, 0.3) is 0 Å². The fourth-order valence-electron chi connectivity index (χ4n) is 2.40. The molecule has 1 aromatic heterocycles. The summed E-state index contributed by atoms with van der Waals surface area (Å²) in [6.07, 6.45) is 4.31. The largest absolute Gasteiger partial charge is 0.380 e. The average molecular weight is 260 g/mol. The first-order valence-electron chi connectivity index (χ1n) is 7.00. The molecule has 0 aliphatic heterocycles. The van der Waals surface area contributed by atoms with E-state index < -0.39 is 0 Å². The van der Waals surface area contributed by atoms with Crippen LogP contribution >= 0.6 is 0 Å². The van der Waals surface area contributed by atoms with E-state index in [1.54, 1.807) is 7.11 Å². The first-order chi connectivity index (χ1) is 9.15. The van der Waals surface area contributed by atoms with Crippen LogP contribution in [0.2, 0.25) is 0 Å². The minimum Gasteiger partial charge on any atom is -0.380 e. The van der Waals surface area contributed by atoms with Crippen LogP contribution in [0.15, 0.2) is 30.5 Å². The fourth-order valence-corrected chi connectivity index (χ4v) is 2.40. The highest BCUT2D eigenvalue weighted by molar-refractivity contribution is 5.83. The van der Waals surface area contributed by atoms with Gasteiger partial charge in [-0.25, -0.2) is 0 Å². The Labute approximate surface area is 115 Å². The molecule has 0 amide bonds. The minimum absolute atomic E-state index is 0.220. The van der Waals surface area contributed by atoms with Crippen LogP contribution in [0.1, 0.15) is 25.8 Å². The van der Waals surface area contributed by atoms with Gasteiger partial charge in [-0.2, -0.15) is 0 Å². The third kappa shape index (κ3) is 3.17. The van der Waals surface area contributed by atoms with Crippen LogP contribution in [0.3, 0.4) is 0 Å². The number of hydrogen-bond acceptors (Lipinski definition) is 2. The molecule has 0 saturated carbocycles. The second-order valence-corrected chi connectivity index (χ2v) is 5.24. The molecule has 1 heterocycles. The first-order valence-corrected chi connectivity index (χ1v) is 7.00. The van der Waals surface area contributed by atoms with Crippen molar-refractivity contribution in [2.45, 2.75) is 45.4 Å². The molecule has 2 aromatic rings. The Morgan fingerprint density at radius 2 is 2.11 bits per heavy atom. The van der Waals surface area contributed by atoms with Crippen LogP contribution in [-0.4, -0.2) is 23.8 Å². The highest BCUT2D eigenvalue weighted by Crippen LogP contribution is 2.22. The van der Waals surface area contributed by atoms with E-state index in [2.05, 4.69) is 48.9 Å². The lowest BCUT2D eigenvalue weighted by atomic mass is 10.0. The van der Waals surface area contributed by atoms with Crippen molar-refractivity contribution in [2.75, 3.05) is 7.11 Å². The number of methoxy groups -OCH3 is 1. The maximum Gasteiger partial charge on any atom is 0.0722 e. The Bertz CT molecular complexity index is 533. The van der Waals surface area contributed by atoms with Crippen LogP contribution in [0.25, 0.3) is 10.9 Å². The number of hydrogen-bond donors (Lipinski definition) is 1. The van der Waals surface area contributed by atoms with Gasteiger partial charge < -0.3 is 15.0 Å². The van der Waals surface area contributed by atoms with Crippen molar-refractivity contribution in [1.82, 2.24) is 4.57 Å². The lowest BCUT2D eigenvalue weighted by Crippen LogP contribution is -2.21. The molecule has 19 heavy (non-hydrogen) atoms. The summed E-state index contributed by atoms with van der Waals surface area (Å²) in [6.45, 7) is 5.10. The zero-order valence-corrected chi connectivity index (χ0v) is 12.1. The SMILES string of the molecule is CCC(N)Cc1cccc2c1ccn2CC(C)OC. The summed E-state index contributed by atoms with van der Waals surface area (Å²) < 4.78 is 7.60. The third-order valence-corrected chi connectivity index (χ3v) is 3.77. The number of rotatable bonds is 6. The number of nitrogens with zero attached hydrogens (tertiary/aromatic N) is 1. The molecule has 0 bridgehead atoms. The van der Waals surface area contributed by atoms with Crippen molar-refractivity contribution < 1.29 is 4.74 Å². The molecule has 2 N–H and O–H groups in total. The Hall–Kier alpha value is -1.32. The number of ether oxygens (including phenoxy) is 1. The zero-order valence-electron chi connectivity index (χ0n) is 12.1. The second kappa shape index (κ2) is 6.22. The van der Waals surface area contributed by atoms with E-state index >= 15 is 0 Å². The lowest BCUT2D eigenvalue weighted by Gasteiger charge is -2.13. The van der Waals surface area contributed by atoms with Crippen LogP contribution in [0.5, 0.6) is 0 Å². The van der Waals surface area contributed by atoms with E-state index in [4.69, 9.17) is 10.5 Å². The Balaban J connectivity index is 2.31. The van der Waals surface area contributed by atoms with Gasteiger partial charge in [-0.15, -0.1) is 0 Å². The molecule has 0 saturated heterocycles. The molecule has 2 rings (SSSR count). The summed E-state index contributed by atoms with van der Waals surface area (Å²) in [7, 11) is 1.75. The van der Waals surface area contributed by atoms with E-state index in [0.29, 0.717) is 0 Å². The van der Waals surface area contributed by atoms with Crippen molar-refractivity contribution in [3.63, 3.8) is 0 Å². The van der Waals surface area contributed by atoms with Gasteiger partial charge in [0.15, 0.2) is 0 Å². The van der Waals surface area contributed by atoms with Gasteiger partial charge in [0.05, 0.1) is 6.10 Å². The van der Waals surface area contributed by atoms with Crippen LogP contribution < -0.4 is 5.73 Å². The third-order valence-electron chi connectivity index (χ3n) is 3.77. The molecular weight excluding hydrogens is 236 g/mol. The van der Waals surface area contributed by atoms with E-state index in [1.165, 1.54) is 16.5 Å². The monoisotopic (exact) mass is 260 g/mol. The maximum atomic E-state index is 6.08. The van der Waals surface area contributed by atoms with Gasteiger partial charge >= 0.3 is 0 Å². The number of fused-ring (bicyclic) bond motifs is 1. The van der Waals surface area contributed by atoms with Gasteiger partial charge in [-0.1, -0.05) is 19.1 Å². The van der Waals surface area contributed by atoms with Gasteiger partial charge in [0.2, 0.25) is 0 Å². The van der Waals surface area contributed by atoms with E-state index in [9.17, 15) is 0 Å². The van der Waals surface area contributed by atoms with Crippen molar-refractivity contribution in [1.29, 1.82) is 0 Å². The summed E-state index contributed by atoms with van der Waals surface area (Å²) in [4.78, 5) is 0. The molecule has 104 valence electrons. The molecule has 3 heteroatoms. The van der Waals surface area contributed by atoms with Gasteiger partial charge in [-0.05, 0) is 37.5 Å². The predicted molar refractivity (Wildman–Crippen MR) is 80.4 cm³/mol. The molecule has 3 nitrogen and oxygen atoms in total. The predicted octanol–water partition coefficient (Wildman–Crippen LogP) is 2.96. The molecule has 2 unspecified atom stereocenters. The summed E-state index contributed by atoms with van der Waals surface area (Å²) >= 11 is 0. The van der Waals surface area contributed by atoms with Crippen molar-refractivity contribution in [2.24, 2.45) is 5.73 Å². The molecule has 0 radical (unpaired) electrons. The Morgan fingerprint density at radius 1 is 1.32 bits per heavy atom. The van der Waals surface area contributed by atoms with Crippen LogP contribution in [0, 0.1) is 0 Å². The molecule has 1 aromatic carbocycles. The van der Waals surface area contributed by atoms with E-state index in [1.807, 2.05) is 0 Å². The maximum absolute atomic E-state index is 6.08. The van der Waals surface area contributed by atoms with E-state index in [0.717, 1.165) is 19.4 Å². The summed E-state index contributed by atoms with van der Waals surface area (Å²) in [5.74, 6) is 0. The Kier molecular flexibility index (Phi) is 4.61. The van der Waals surface area contributed by atoms with Crippen LogP contribution in [-0.2, 0) is 17.7 Å². The highest BCUT2D eigenvalue weighted by Gasteiger charge is 2.10. The molecule has 0 aliphatic rings. The number of benzene rings is 1. The molecular formula is C16H24N2O. The normalized spacial score (nSPS) is 14.7. The molecule has 0 spiro atoms. The Morgan fingerprint density at radius 3 is 2.79 bits per heavy atom. The van der Waals surface area contributed by atoms with Gasteiger partial charge in [0, 0.05) is 36.8 Å². The van der Waals surface area contributed by atoms with Crippen molar-refractivity contribution in [3.05, 3.63) is 36.0 Å².